The number of aliphatic imine (C=N–C) groups is 4. The Morgan fingerprint density at radius 3 is 0.984 bits per heavy atom. The Bertz CT molecular complexity index is 4040. The Morgan fingerprint density at radius 2 is 0.565 bits per heavy atom. The molecule has 0 amide bonds. The van der Waals surface area contributed by atoms with Gasteiger partial charge >= 0.3 is 39.9 Å². The number of benzene rings is 6. The molecule has 15 rings (SSSR count). The van der Waals surface area contributed by atoms with Crippen molar-refractivity contribution < 1.29 is 39.9 Å². The van der Waals surface area contributed by atoms with E-state index >= 15 is 0 Å². The van der Waals surface area contributed by atoms with E-state index in [1.54, 1.807) is 0 Å². The summed E-state index contributed by atoms with van der Waals surface area (Å²) in [7, 11) is 0. The Kier molecular flexibility index (Phi) is 7.37. The van der Waals surface area contributed by atoms with E-state index in [1.165, 1.54) is 0 Å². The fourth-order valence-electron chi connectivity index (χ4n) is 8.99. The summed E-state index contributed by atoms with van der Waals surface area (Å²) >= 11 is 0. The Morgan fingerprint density at radius 1 is 0.274 bits per heavy atom. The molecule has 6 aliphatic rings. The van der Waals surface area contributed by atoms with Crippen LogP contribution in [0.3, 0.4) is 0 Å². The van der Waals surface area contributed by atoms with Gasteiger partial charge in [-0.15, -0.1) is 0 Å². The largest absolute Gasteiger partial charge is 3.00 e. The molecule has 0 saturated heterocycles. The van der Waals surface area contributed by atoms with Crippen LogP contribution in [0.25, 0.3) is 32.3 Å². The fourth-order valence-corrected chi connectivity index (χ4v) is 8.99. The van der Waals surface area contributed by atoms with Crippen LogP contribution in [0.5, 0.6) is 0 Å². The fraction of sp³-hybridized carbons (Fsp3) is 0.0417. The maximum Gasteiger partial charge on any atom is 3.00 e. The second-order valence-electron chi connectivity index (χ2n) is 15.2. The minimum atomic E-state index is -1.62. The summed E-state index contributed by atoms with van der Waals surface area (Å²) in [6.07, 6.45) is 0. The van der Waals surface area contributed by atoms with Gasteiger partial charge in [-0.05, 0) is 32.3 Å². The molecule has 0 fully saturated rings. The molecular formula is C48H24GdN13. The molecular weight excluding hydrogens is 916 g/mol. The third-order valence-corrected chi connectivity index (χ3v) is 11.7. The molecule has 0 unspecified atom stereocenters. The minimum absolute atomic E-state index is 0. The third-order valence-electron chi connectivity index (χ3n) is 11.7. The van der Waals surface area contributed by atoms with Crippen LogP contribution in [-0.4, -0.2) is 23.3 Å². The number of amidine groups is 4. The van der Waals surface area contributed by atoms with Crippen LogP contribution in [0.1, 0.15) is 33.4 Å². The predicted molar refractivity (Wildman–Crippen MR) is 228 cm³/mol. The maximum absolute atomic E-state index is 5.45. The van der Waals surface area contributed by atoms with Crippen molar-refractivity contribution in [1.82, 2.24) is 15.0 Å². The van der Waals surface area contributed by atoms with E-state index < -0.39 is 11.6 Å². The zero-order valence-corrected chi connectivity index (χ0v) is 34.3. The van der Waals surface area contributed by atoms with Gasteiger partial charge in [-0.25, -0.2) is 15.0 Å². The Hall–Kier alpha value is -7.26. The van der Waals surface area contributed by atoms with Crippen LogP contribution in [0.2, 0.25) is 0 Å². The van der Waals surface area contributed by atoms with Gasteiger partial charge in [-0.2, -0.15) is 0 Å². The van der Waals surface area contributed by atoms with E-state index in [0.717, 1.165) is 54.6 Å². The van der Waals surface area contributed by atoms with Gasteiger partial charge in [0.1, 0.15) is 0 Å². The summed E-state index contributed by atoms with van der Waals surface area (Å²) in [4.78, 5) is 68.8. The van der Waals surface area contributed by atoms with Crippen molar-refractivity contribution in [3.05, 3.63) is 212 Å². The minimum Gasteiger partial charge on any atom is -0.357 e. The first kappa shape index (κ1) is 35.5. The van der Waals surface area contributed by atoms with E-state index in [4.69, 9.17) is 64.9 Å². The van der Waals surface area contributed by atoms with E-state index in [1.807, 2.05) is 146 Å². The van der Waals surface area contributed by atoms with Crippen molar-refractivity contribution >= 4 is 55.7 Å². The van der Waals surface area contributed by atoms with Crippen molar-refractivity contribution in [3.63, 3.8) is 0 Å². The molecule has 1 radical (unpaired) electrons. The maximum atomic E-state index is 5.45. The quantitative estimate of drug-likeness (QED) is 0.228. The van der Waals surface area contributed by atoms with Crippen molar-refractivity contribution in [2.75, 3.05) is 0 Å². The number of rotatable bonds is 0. The topological polar surface area (TPSA) is 166 Å². The molecule has 9 aromatic rings. The van der Waals surface area contributed by atoms with Gasteiger partial charge in [0.15, 0.2) is 11.6 Å². The van der Waals surface area contributed by atoms with Crippen molar-refractivity contribution in [2.24, 2.45) is 49.9 Å². The molecule has 2 spiro atoms. The molecule has 6 aliphatic heterocycles. The molecule has 289 valence electrons. The molecule has 0 saturated carbocycles. The van der Waals surface area contributed by atoms with Crippen LogP contribution in [0, 0.1) is 39.9 Å². The second-order valence-corrected chi connectivity index (χ2v) is 15.2. The van der Waals surface area contributed by atoms with Crippen LogP contribution in [0.4, 0.5) is 0 Å². The van der Waals surface area contributed by atoms with Crippen molar-refractivity contribution in [1.29, 1.82) is 0 Å². The van der Waals surface area contributed by atoms with E-state index in [0.29, 0.717) is 67.4 Å². The van der Waals surface area contributed by atoms with E-state index in [-0.39, 0.29) is 39.9 Å². The third kappa shape index (κ3) is 4.96. The Balaban J connectivity index is 0.00000391. The summed E-state index contributed by atoms with van der Waals surface area (Å²) in [5, 5.41) is 4.67. The van der Waals surface area contributed by atoms with Crippen LogP contribution in [-0.2, 0) is 11.6 Å². The van der Waals surface area contributed by atoms with Crippen LogP contribution in [0.15, 0.2) is 196 Å². The molecule has 0 N–H and O–H groups in total. The van der Waals surface area contributed by atoms with Gasteiger partial charge in [0.05, 0.1) is 17.5 Å². The first-order valence-electron chi connectivity index (χ1n) is 19.8. The van der Waals surface area contributed by atoms with Gasteiger partial charge in [0.2, 0.25) is 5.79 Å². The molecule has 2 atom stereocenters. The van der Waals surface area contributed by atoms with Gasteiger partial charge in [0, 0.05) is 66.3 Å². The average molecular weight is 940 g/mol. The molecule has 6 aromatic carbocycles. The zero-order chi connectivity index (χ0) is 39.9. The van der Waals surface area contributed by atoms with Gasteiger partial charge in [-0.1, -0.05) is 146 Å². The SMILES string of the molecule is [Gd+3].c1ccc2c(c1)C1=N/C2=N\[C@@]23N=C(N=c4[n-]/c(c5ccccc45)=N\[C@]4(N=C(N=c5[n-]/c(c6ccccc56)=N\2)c2ccccc24)/N=c2\[n-]c(c4ccccc24)=N1)c1ccccc13. The molecule has 12 bridgehead atoms. The van der Waals surface area contributed by atoms with E-state index in [9.17, 15) is 0 Å². The molecule has 0 aliphatic carbocycles. The first-order valence-corrected chi connectivity index (χ1v) is 19.8. The zero-order valence-electron chi connectivity index (χ0n) is 32.0. The second kappa shape index (κ2) is 12.9. The standard InChI is InChI=1S/C48H24N13.Gd/c1-5-17-29-25(13-1)37-49-38-26-14-2-6-18-30(26)42(51-38)57-48-36-24-12-10-22-34(36)46(61-48)55-39-27-15-3-7-19-31(27)43(52-39)58-47(56-41(29)50-37)35-23-11-9-21-33(35)45(60-47)54-40-28-16-4-8-20-32(28)44(53-40)59-48;/h1-24H;/q-3;+3/t47-,48-;/m1./s1. The summed E-state index contributed by atoms with van der Waals surface area (Å²) < 4.78 is 0. The van der Waals surface area contributed by atoms with Gasteiger partial charge in [0.25, 0.3) is 0 Å². The van der Waals surface area contributed by atoms with E-state index in [2.05, 4.69) is 0 Å². The molecule has 62 heavy (non-hydrogen) atoms. The van der Waals surface area contributed by atoms with Gasteiger partial charge < -0.3 is 44.9 Å². The van der Waals surface area contributed by atoms with Crippen molar-refractivity contribution in [2.45, 2.75) is 11.6 Å². The summed E-state index contributed by atoms with van der Waals surface area (Å²) in [6.45, 7) is 0. The number of nitrogens with zero attached hydrogens (tertiary/aromatic N) is 13. The first-order chi connectivity index (χ1) is 30.1. The van der Waals surface area contributed by atoms with Crippen molar-refractivity contribution in [3.8, 4) is 0 Å². The molecule has 14 heteroatoms. The number of hydrogen-bond donors (Lipinski definition) is 0. The van der Waals surface area contributed by atoms with Crippen LogP contribution >= 0.6 is 0 Å². The average Bonchev–Trinajstić information content (AvgIpc) is 4.13. The smallest absolute Gasteiger partial charge is 0.357 e. The summed E-state index contributed by atoms with van der Waals surface area (Å²) in [5.74, 6) is -1.60. The number of aromatic nitrogens is 3. The molecule has 3 aromatic heterocycles. The number of hydrogen-bond acceptors (Lipinski definition) is 10. The molecule has 9 heterocycles. The predicted octanol–water partition coefficient (Wildman–Crippen LogP) is 3.51. The molecule has 13 nitrogen and oxygen atoms in total. The normalized spacial score (nSPS) is 22.3. The number of fused-ring (bicyclic) bond motifs is 6. The Labute approximate surface area is 381 Å². The monoisotopic (exact) mass is 940 g/mol. The summed E-state index contributed by atoms with van der Waals surface area (Å²) in [5.41, 5.74) is 6.98. The van der Waals surface area contributed by atoms with Gasteiger partial charge in [-0.3, -0.25) is 4.99 Å². The van der Waals surface area contributed by atoms with Crippen LogP contribution < -0.4 is 47.9 Å². The summed E-state index contributed by atoms with van der Waals surface area (Å²) in [6, 6.07) is 47.3.